The number of likely N-dealkylation sites (tertiary alicyclic amines) is 1. The zero-order valence-corrected chi connectivity index (χ0v) is 38.2. The third-order valence-electron chi connectivity index (χ3n) is 13.7. The van der Waals surface area contributed by atoms with E-state index in [0.717, 1.165) is 44.7 Å². The minimum absolute atomic E-state index is 0.0670. The highest BCUT2D eigenvalue weighted by molar-refractivity contribution is 7.10. The number of carbonyl (C=O) groups excluding carboxylic acids is 4. The number of hydrogen-bond donors (Lipinski definition) is 2. The Balaban J connectivity index is 1.09. The molecule has 3 saturated heterocycles. The molecule has 4 aliphatic heterocycles. The molecule has 6 bridgehead atoms. The van der Waals surface area contributed by atoms with Crippen molar-refractivity contribution in [1.82, 2.24) is 45.0 Å². The van der Waals surface area contributed by atoms with E-state index in [1.807, 2.05) is 25.3 Å². The SMILES string of the molecule is CCn1c2c3c4cc(ccc41)-c1csc(n1)C[C@H](NC(=O)[C@H](C(C)C)N(C)C(=O)N1CCOC14CN(C#N)C4)C(=O)N1CCC[C@H](N1)C(=O)OCC(C)(C)C3[C@H](OC)c1ncccc1-2. The van der Waals surface area contributed by atoms with Gasteiger partial charge in [0.25, 0.3) is 5.91 Å². The van der Waals surface area contributed by atoms with Gasteiger partial charge in [-0.25, -0.2) is 15.2 Å². The standard InChI is InChI=1S/C46H56N10O7S/c1-8-54-33-14-13-27-19-29(33)35-36(40(61-7)37-28(39(35)54)11-9-15-48-37)45(4,5)24-62-43(59)30-12-10-16-56(51-30)42(58)31(20-34-49-32(27)21-64-34)50-41(57)38(26(2)3)52(6)44(60)55-17-18-63-46(55)22-53(23-46)25-47/h9,11,13-15,19,21,26,30-31,36,38,40,51H,8,10,12,16-18,20,22-24H2,1-7H3,(H,50,57)/t30-,31-,36?,38-,40-/m0/s1. The highest BCUT2D eigenvalue weighted by Crippen LogP contribution is 2.57. The maximum Gasteiger partial charge on any atom is 0.324 e. The molecule has 4 aromatic rings. The number of thiazole rings is 1. The van der Waals surface area contributed by atoms with Crippen LogP contribution in [0.2, 0.25) is 0 Å². The minimum atomic E-state index is -1.10. The average molecular weight is 893 g/mol. The fraction of sp³-hybridized carbons (Fsp3) is 0.543. The summed E-state index contributed by atoms with van der Waals surface area (Å²) >= 11 is 1.40. The first-order valence-corrected chi connectivity index (χ1v) is 23.0. The van der Waals surface area contributed by atoms with Crippen LogP contribution in [0.25, 0.3) is 33.4 Å². The van der Waals surface area contributed by atoms with Crippen LogP contribution in [0, 0.1) is 22.8 Å². The number of likely N-dealkylation sites (N-methyl/N-ethyl adjacent to an activating group) is 1. The number of benzene rings is 1. The Bertz CT molecular complexity index is 2540. The van der Waals surface area contributed by atoms with Gasteiger partial charge in [0.2, 0.25) is 5.91 Å². The summed E-state index contributed by atoms with van der Waals surface area (Å²) in [6.07, 6.45) is 4.50. The summed E-state index contributed by atoms with van der Waals surface area (Å²) in [6.45, 7) is 12.3. The number of rotatable bonds is 6. The summed E-state index contributed by atoms with van der Waals surface area (Å²) in [7, 11) is 3.29. The molecule has 3 fully saturated rings. The van der Waals surface area contributed by atoms with Crippen LogP contribution in [0.4, 0.5) is 4.79 Å². The van der Waals surface area contributed by atoms with E-state index >= 15 is 0 Å². The van der Waals surface area contributed by atoms with Crippen molar-refractivity contribution >= 4 is 46.1 Å². The molecular weight excluding hydrogens is 837 g/mol. The maximum atomic E-state index is 14.7. The van der Waals surface area contributed by atoms with E-state index in [0.29, 0.717) is 44.1 Å². The van der Waals surface area contributed by atoms with Crippen LogP contribution < -0.4 is 10.7 Å². The lowest BCUT2D eigenvalue weighted by atomic mass is 9.67. The maximum absolute atomic E-state index is 14.7. The highest BCUT2D eigenvalue weighted by atomic mass is 32.1. The number of amides is 4. The Morgan fingerprint density at radius 1 is 1.19 bits per heavy atom. The van der Waals surface area contributed by atoms with Crippen molar-refractivity contribution in [3.63, 3.8) is 0 Å². The van der Waals surface area contributed by atoms with Gasteiger partial charge in [-0.05, 0) is 55.5 Å². The number of methoxy groups -OCH3 is 1. The summed E-state index contributed by atoms with van der Waals surface area (Å²) in [4.78, 5) is 71.8. The first-order chi connectivity index (χ1) is 30.7. The monoisotopic (exact) mass is 892 g/mol. The fourth-order valence-electron chi connectivity index (χ4n) is 10.6. The molecule has 3 aromatic heterocycles. The van der Waals surface area contributed by atoms with Crippen molar-refractivity contribution in [1.29, 1.82) is 5.26 Å². The molecule has 2 N–H and O–H groups in total. The Hall–Kier alpha value is -5.61. The molecule has 4 amide bonds. The van der Waals surface area contributed by atoms with Crippen molar-refractivity contribution in [2.45, 2.75) is 96.3 Å². The molecule has 18 heteroatoms. The zero-order valence-electron chi connectivity index (χ0n) is 37.4. The van der Waals surface area contributed by atoms with E-state index in [1.54, 1.807) is 25.3 Å². The van der Waals surface area contributed by atoms with Crippen molar-refractivity contribution < 1.29 is 33.4 Å². The number of hydrogen-bond acceptors (Lipinski definition) is 13. The number of urea groups is 1. The molecular formula is C46H56N10O7S. The Kier molecular flexibility index (Phi) is 11.4. The quantitative estimate of drug-likeness (QED) is 0.202. The van der Waals surface area contributed by atoms with Gasteiger partial charge >= 0.3 is 12.0 Å². The number of nitrogens with zero attached hydrogens (tertiary/aromatic N) is 8. The van der Waals surface area contributed by atoms with Gasteiger partial charge in [-0.2, -0.15) is 5.26 Å². The predicted octanol–water partition coefficient (Wildman–Crippen LogP) is 4.64. The van der Waals surface area contributed by atoms with Crippen molar-refractivity contribution in [3.8, 4) is 28.7 Å². The zero-order chi connectivity index (χ0) is 45.2. The van der Waals surface area contributed by atoms with Crippen LogP contribution in [-0.4, -0.2) is 135 Å². The summed E-state index contributed by atoms with van der Waals surface area (Å²) in [5, 5.41) is 17.5. The van der Waals surface area contributed by atoms with Gasteiger partial charge < -0.3 is 33.9 Å². The summed E-state index contributed by atoms with van der Waals surface area (Å²) in [5.41, 5.74) is 8.27. The topological polar surface area (TPSA) is 187 Å². The second kappa shape index (κ2) is 16.7. The molecule has 1 unspecified atom stereocenters. The molecule has 1 aliphatic carbocycles. The number of pyridine rings is 1. The third kappa shape index (κ3) is 7.26. The molecule has 0 radical (unpaired) electrons. The summed E-state index contributed by atoms with van der Waals surface area (Å²) < 4.78 is 20.8. The lowest BCUT2D eigenvalue weighted by Gasteiger charge is -2.49. The van der Waals surface area contributed by atoms with Crippen LogP contribution in [0.15, 0.2) is 41.9 Å². The number of cyclic esters (lactones) is 1. The molecule has 9 rings (SSSR count). The number of aryl methyl sites for hydroxylation is 1. The smallest absolute Gasteiger partial charge is 0.324 e. The van der Waals surface area contributed by atoms with E-state index in [-0.39, 0.29) is 38.0 Å². The third-order valence-corrected chi connectivity index (χ3v) is 14.6. The normalized spacial score (nSPS) is 24.1. The van der Waals surface area contributed by atoms with Gasteiger partial charge in [0, 0.05) is 85.2 Å². The largest absolute Gasteiger partial charge is 0.464 e. The minimum Gasteiger partial charge on any atom is -0.464 e. The van der Waals surface area contributed by atoms with Gasteiger partial charge in [0.15, 0.2) is 11.9 Å². The molecule has 338 valence electrons. The van der Waals surface area contributed by atoms with E-state index in [9.17, 15) is 24.4 Å². The summed E-state index contributed by atoms with van der Waals surface area (Å²) in [5.74, 6) is -2.02. The number of nitrogens with one attached hydrogen (secondary N) is 2. The molecule has 7 heterocycles. The molecule has 1 aromatic carbocycles. The number of ether oxygens (including phenoxy) is 3. The van der Waals surface area contributed by atoms with Crippen LogP contribution in [0.1, 0.15) is 75.7 Å². The second-order valence-electron chi connectivity index (χ2n) is 18.6. The molecule has 1 spiro atoms. The average Bonchev–Trinajstić information content (AvgIpc) is 4.02. The van der Waals surface area contributed by atoms with Crippen LogP contribution >= 0.6 is 11.3 Å². The Morgan fingerprint density at radius 2 is 1.98 bits per heavy atom. The number of carbonyl (C=O) groups is 4. The lowest BCUT2D eigenvalue weighted by molar-refractivity contribution is -0.156. The van der Waals surface area contributed by atoms with Crippen molar-refractivity contribution in [3.05, 3.63) is 58.2 Å². The van der Waals surface area contributed by atoms with E-state index < -0.39 is 59.2 Å². The Labute approximate surface area is 376 Å². The number of esters is 1. The predicted molar refractivity (Wildman–Crippen MR) is 237 cm³/mol. The molecule has 64 heavy (non-hydrogen) atoms. The fourth-order valence-corrected chi connectivity index (χ4v) is 11.4. The number of fused-ring (bicyclic) bond motifs is 8. The van der Waals surface area contributed by atoms with E-state index in [4.69, 9.17) is 24.2 Å². The first-order valence-electron chi connectivity index (χ1n) is 22.2. The van der Waals surface area contributed by atoms with E-state index in [1.165, 1.54) is 26.1 Å². The lowest BCUT2D eigenvalue weighted by Crippen LogP contribution is -2.70. The number of nitriles is 1. The summed E-state index contributed by atoms with van der Waals surface area (Å²) in [6, 6.07) is 7.15. The van der Waals surface area contributed by atoms with Gasteiger partial charge in [0.1, 0.15) is 24.2 Å². The van der Waals surface area contributed by atoms with Crippen LogP contribution in [-0.2, 0) is 41.6 Å². The molecule has 5 atom stereocenters. The molecule has 0 saturated carbocycles. The highest BCUT2D eigenvalue weighted by Gasteiger charge is 2.55. The van der Waals surface area contributed by atoms with Gasteiger partial charge in [-0.1, -0.05) is 33.8 Å². The number of hydrazine groups is 1. The van der Waals surface area contributed by atoms with Crippen LogP contribution in [0.5, 0.6) is 0 Å². The van der Waals surface area contributed by atoms with Gasteiger partial charge in [0.05, 0.1) is 48.4 Å². The first kappa shape index (κ1) is 43.6. The second-order valence-corrected chi connectivity index (χ2v) is 19.5. The van der Waals surface area contributed by atoms with Crippen LogP contribution in [0.3, 0.4) is 0 Å². The number of aromatic nitrogens is 3. The Morgan fingerprint density at radius 3 is 2.72 bits per heavy atom. The molecule has 17 nitrogen and oxygen atoms in total. The van der Waals surface area contributed by atoms with Gasteiger partial charge in [-0.3, -0.25) is 29.3 Å². The van der Waals surface area contributed by atoms with Crippen molar-refractivity contribution in [2.24, 2.45) is 11.3 Å². The molecule has 5 aliphatic rings. The van der Waals surface area contributed by atoms with Crippen molar-refractivity contribution in [2.75, 3.05) is 53.6 Å². The van der Waals surface area contributed by atoms with E-state index in [2.05, 4.69) is 66.5 Å². The van der Waals surface area contributed by atoms with Gasteiger partial charge in [-0.15, -0.1) is 11.3 Å².